The van der Waals surface area contributed by atoms with Gasteiger partial charge < -0.3 is 10.6 Å². The van der Waals surface area contributed by atoms with Gasteiger partial charge in [0.25, 0.3) is 5.91 Å². The molecule has 1 amide bonds. The summed E-state index contributed by atoms with van der Waals surface area (Å²) in [6.45, 7) is 6.19. The van der Waals surface area contributed by atoms with Crippen molar-refractivity contribution in [1.82, 2.24) is 4.90 Å². The van der Waals surface area contributed by atoms with Gasteiger partial charge in [0.1, 0.15) is 0 Å². The quantitative estimate of drug-likeness (QED) is 0.774. The molecular formula is C15H22N2O. The lowest BCUT2D eigenvalue weighted by molar-refractivity contribution is 0.0512. The van der Waals surface area contributed by atoms with Crippen LogP contribution in [-0.2, 0) is 0 Å². The number of nitrogens with zero attached hydrogens (tertiary/aromatic N) is 1. The number of aryl methyl sites for hydroxylation is 1. The number of carbonyl (C=O) groups excluding carboxylic acids is 1. The summed E-state index contributed by atoms with van der Waals surface area (Å²) in [6.07, 6.45) is 3.37. The highest BCUT2D eigenvalue weighted by molar-refractivity contribution is 6.00. The van der Waals surface area contributed by atoms with Gasteiger partial charge >= 0.3 is 0 Å². The Hall–Kier alpha value is -1.51. The van der Waals surface area contributed by atoms with Gasteiger partial charge in [0, 0.05) is 17.8 Å². The second kappa shape index (κ2) is 5.01. The first-order chi connectivity index (χ1) is 8.52. The minimum absolute atomic E-state index is 0.0795. The fourth-order valence-electron chi connectivity index (χ4n) is 2.83. The Morgan fingerprint density at radius 2 is 1.89 bits per heavy atom. The number of rotatable bonds is 1. The van der Waals surface area contributed by atoms with Crippen LogP contribution in [0.25, 0.3) is 0 Å². The number of hydrogen-bond acceptors (Lipinski definition) is 2. The summed E-state index contributed by atoms with van der Waals surface area (Å²) in [6, 6.07) is 6.29. The minimum atomic E-state index is 0.0795. The lowest BCUT2D eigenvalue weighted by atomic mass is 9.95. The number of para-hydroxylation sites is 1. The summed E-state index contributed by atoms with van der Waals surface area (Å²) in [5.41, 5.74) is 8.27. The van der Waals surface area contributed by atoms with Crippen molar-refractivity contribution in [2.24, 2.45) is 0 Å². The van der Waals surface area contributed by atoms with E-state index < -0.39 is 0 Å². The number of anilines is 1. The van der Waals surface area contributed by atoms with E-state index in [4.69, 9.17) is 5.73 Å². The van der Waals surface area contributed by atoms with E-state index in [9.17, 15) is 4.79 Å². The lowest BCUT2D eigenvalue weighted by Crippen LogP contribution is -2.47. The summed E-state index contributed by atoms with van der Waals surface area (Å²) in [5, 5.41) is 0. The number of amides is 1. The van der Waals surface area contributed by atoms with Gasteiger partial charge in [-0.05, 0) is 51.7 Å². The highest BCUT2D eigenvalue weighted by atomic mass is 16.2. The van der Waals surface area contributed by atoms with Crippen molar-refractivity contribution < 1.29 is 4.79 Å². The molecule has 0 aliphatic carbocycles. The maximum atomic E-state index is 12.6. The molecule has 1 aromatic rings. The number of carbonyl (C=O) groups is 1. The van der Waals surface area contributed by atoms with Crippen molar-refractivity contribution >= 4 is 11.6 Å². The van der Waals surface area contributed by atoms with Crippen LogP contribution in [0.5, 0.6) is 0 Å². The molecule has 0 spiro atoms. The number of piperidine rings is 1. The zero-order chi connectivity index (χ0) is 13.3. The van der Waals surface area contributed by atoms with Crippen molar-refractivity contribution in [3.8, 4) is 0 Å². The van der Waals surface area contributed by atoms with Crippen LogP contribution in [0.4, 0.5) is 5.69 Å². The van der Waals surface area contributed by atoms with E-state index in [2.05, 4.69) is 13.8 Å². The van der Waals surface area contributed by atoms with E-state index in [0.717, 1.165) is 18.4 Å². The van der Waals surface area contributed by atoms with Gasteiger partial charge in [-0.25, -0.2) is 0 Å². The molecule has 2 rings (SSSR count). The van der Waals surface area contributed by atoms with E-state index in [-0.39, 0.29) is 5.91 Å². The van der Waals surface area contributed by atoms with Gasteiger partial charge in [-0.1, -0.05) is 12.1 Å². The first kappa shape index (κ1) is 12.9. The minimum Gasteiger partial charge on any atom is -0.398 e. The zero-order valence-corrected chi connectivity index (χ0v) is 11.4. The molecule has 98 valence electrons. The Kier molecular flexibility index (Phi) is 3.60. The number of hydrogen-bond donors (Lipinski definition) is 1. The molecule has 1 aromatic carbocycles. The average Bonchev–Trinajstić information content (AvgIpc) is 2.32. The van der Waals surface area contributed by atoms with Crippen molar-refractivity contribution in [3.05, 3.63) is 29.3 Å². The van der Waals surface area contributed by atoms with Crippen LogP contribution < -0.4 is 5.73 Å². The van der Waals surface area contributed by atoms with Crippen LogP contribution in [0, 0.1) is 6.92 Å². The van der Waals surface area contributed by atoms with Crippen LogP contribution in [-0.4, -0.2) is 22.9 Å². The average molecular weight is 246 g/mol. The van der Waals surface area contributed by atoms with E-state index in [1.165, 1.54) is 6.42 Å². The molecule has 1 heterocycles. The smallest absolute Gasteiger partial charge is 0.256 e. The fraction of sp³-hybridized carbons (Fsp3) is 0.533. The Balaban J connectivity index is 2.32. The molecule has 0 radical (unpaired) electrons. The Labute approximate surface area is 109 Å². The molecule has 0 aromatic heterocycles. The number of likely N-dealkylation sites (tertiary alicyclic amines) is 1. The van der Waals surface area contributed by atoms with Crippen molar-refractivity contribution in [3.63, 3.8) is 0 Å². The monoisotopic (exact) mass is 246 g/mol. The van der Waals surface area contributed by atoms with E-state index in [1.54, 1.807) is 0 Å². The molecule has 1 aliphatic heterocycles. The second-order valence-corrected chi connectivity index (χ2v) is 5.38. The van der Waals surface area contributed by atoms with Gasteiger partial charge in [0.05, 0.1) is 5.56 Å². The van der Waals surface area contributed by atoms with Crippen LogP contribution in [0.2, 0.25) is 0 Å². The van der Waals surface area contributed by atoms with E-state index in [1.807, 2.05) is 30.0 Å². The highest BCUT2D eigenvalue weighted by Crippen LogP contribution is 2.27. The highest BCUT2D eigenvalue weighted by Gasteiger charge is 2.30. The normalized spacial score (nSPS) is 24.1. The SMILES string of the molecule is Cc1cccc(C(=O)N2C(C)CCCC2C)c1N. The maximum Gasteiger partial charge on any atom is 0.256 e. The maximum absolute atomic E-state index is 12.6. The summed E-state index contributed by atoms with van der Waals surface area (Å²) in [5.74, 6) is 0.0795. The molecule has 0 saturated carbocycles. The Morgan fingerprint density at radius 3 is 2.50 bits per heavy atom. The standard InChI is InChI=1S/C15H22N2O/c1-10-6-4-9-13(14(10)16)15(18)17-11(2)7-5-8-12(17)3/h4,6,9,11-12H,5,7-8,16H2,1-3H3. The molecule has 2 atom stereocenters. The van der Waals surface area contributed by atoms with E-state index in [0.29, 0.717) is 23.3 Å². The largest absolute Gasteiger partial charge is 0.398 e. The third-order valence-electron chi connectivity index (χ3n) is 3.98. The Bertz CT molecular complexity index is 446. The van der Waals surface area contributed by atoms with Crippen molar-refractivity contribution in [1.29, 1.82) is 0 Å². The molecule has 1 fully saturated rings. The van der Waals surface area contributed by atoms with Gasteiger partial charge in [-0.3, -0.25) is 4.79 Å². The molecule has 2 N–H and O–H groups in total. The summed E-state index contributed by atoms with van der Waals surface area (Å²) >= 11 is 0. The fourth-order valence-corrected chi connectivity index (χ4v) is 2.83. The van der Waals surface area contributed by atoms with Gasteiger partial charge in [0.2, 0.25) is 0 Å². The number of benzene rings is 1. The molecule has 0 bridgehead atoms. The number of nitrogen functional groups attached to an aromatic ring is 1. The van der Waals surface area contributed by atoms with Crippen LogP contribution in [0.1, 0.15) is 49.0 Å². The van der Waals surface area contributed by atoms with Gasteiger partial charge in [-0.15, -0.1) is 0 Å². The number of nitrogens with two attached hydrogens (primary N) is 1. The van der Waals surface area contributed by atoms with Crippen molar-refractivity contribution in [2.45, 2.75) is 52.1 Å². The summed E-state index contributed by atoms with van der Waals surface area (Å²) in [4.78, 5) is 14.6. The Morgan fingerprint density at radius 1 is 1.28 bits per heavy atom. The first-order valence-electron chi connectivity index (χ1n) is 6.70. The topological polar surface area (TPSA) is 46.3 Å². The second-order valence-electron chi connectivity index (χ2n) is 5.38. The van der Waals surface area contributed by atoms with Gasteiger partial charge in [0.15, 0.2) is 0 Å². The molecule has 2 unspecified atom stereocenters. The summed E-state index contributed by atoms with van der Waals surface area (Å²) < 4.78 is 0. The molecule has 18 heavy (non-hydrogen) atoms. The molecule has 1 aliphatic rings. The lowest BCUT2D eigenvalue weighted by Gasteiger charge is -2.39. The molecular weight excluding hydrogens is 224 g/mol. The van der Waals surface area contributed by atoms with Crippen LogP contribution in [0.15, 0.2) is 18.2 Å². The molecule has 3 heteroatoms. The predicted octanol–water partition coefficient (Wildman–Crippen LogP) is 2.98. The predicted molar refractivity (Wildman–Crippen MR) is 74.5 cm³/mol. The van der Waals surface area contributed by atoms with Crippen LogP contribution in [0.3, 0.4) is 0 Å². The third-order valence-corrected chi connectivity index (χ3v) is 3.98. The summed E-state index contributed by atoms with van der Waals surface area (Å²) in [7, 11) is 0. The van der Waals surface area contributed by atoms with Crippen LogP contribution >= 0.6 is 0 Å². The van der Waals surface area contributed by atoms with E-state index >= 15 is 0 Å². The molecule has 3 nitrogen and oxygen atoms in total. The van der Waals surface area contributed by atoms with Gasteiger partial charge in [-0.2, -0.15) is 0 Å². The molecule has 1 saturated heterocycles. The zero-order valence-electron chi connectivity index (χ0n) is 11.4. The first-order valence-corrected chi connectivity index (χ1v) is 6.70. The third kappa shape index (κ3) is 2.22. The van der Waals surface area contributed by atoms with Crippen molar-refractivity contribution in [2.75, 3.05) is 5.73 Å².